The second-order valence-corrected chi connectivity index (χ2v) is 6.63. The Morgan fingerprint density at radius 2 is 2.08 bits per heavy atom. The lowest BCUT2D eigenvalue weighted by atomic mass is 10.2. The molecule has 2 N–H and O–H groups in total. The summed E-state index contributed by atoms with van der Waals surface area (Å²) in [6, 6.07) is 9.45. The molecule has 134 valence electrons. The molecule has 3 aromatic rings. The van der Waals surface area contributed by atoms with E-state index in [-0.39, 0.29) is 6.03 Å². The van der Waals surface area contributed by atoms with Gasteiger partial charge in [-0.05, 0) is 31.9 Å². The van der Waals surface area contributed by atoms with Gasteiger partial charge >= 0.3 is 6.03 Å². The first-order chi connectivity index (χ1) is 12.7. The molecule has 0 spiro atoms. The summed E-state index contributed by atoms with van der Waals surface area (Å²) in [4.78, 5) is 16.9. The fourth-order valence-electron chi connectivity index (χ4n) is 3.35. The number of carbonyl (C=O) groups excluding carboxylic acids is 1. The van der Waals surface area contributed by atoms with Crippen LogP contribution < -0.4 is 10.6 Å². The molecule has 1 aliphatic heterocycles. The number of fused-ring (bicyclic) bond motifs is 2. The third-order valence-electron chi connectivity index (χ3n) is 4.70. The van der Waals surface area contributed by atoms with E-state index < -0.39 is 0 Å². The minimum absolute atomic E-state index is 0.272. The molecule has 0 fully saturated rings. The monoisotopic (exact) mass is 350 g/mol. The number of amides is 2. The highest BCUT2D eigenvalue weighted by molar-refractivity contribution is 5.99. The lowest BCUT2D eigenvalue weighted by molar-refractivity contribution is 0.251. The average Bonchev–Trinajstić information content (AvgIpc) is 2.87. The van der Waals surface area contributed by atoms with Crippen molar-refractivity contribution in [1.29, 1.82) is 0 Å². The van der Waals surface area contributed by atoms with Crippen LogP contribution in [0.5, 0.6) is 0 Å². The number of rotatable bonds is 3. The molecule has 0 aliphatic carbocycles. The van der Waals surface area contributed by atoms with Crippen molar-refractivity contribution in [2.24, 2.45) is 0 Å². The third-order valence-corrected chi connectivity index (χ3v) is 4.70. The Balaban J connectivity index is 1.45. The molecule has 7 nitrogen and oxygen atoms in total. The van der Waals surface area contributed by atoms with Crippen molar-refractivity contribution in [3.63, 3.8) is 0 Å². The normalized spacial score (nSPS) is 13.9. The van der Waals surface area contributed by atoms with Crippen LogP contribution in [-0.2, 0) is 19.5 Å². The van der Waals surface area contributed by atoms with Crippen LogP contribution in [0, 0.1) is 6.92 Å². The number of hydrogen-bond donors (Lipinski definition) is 2. The SMILES string of the molecule is Cc1ccc2cccc(NC(=O)NCc3nnc4n3CCCCC4)c2n1. The van der Waals surface area contributed by atoms with Gasteiger partial charge < -0.3 is 15.2 Å². The van der Waals surface area contributed by atoms with Crippen molar-refractivity contribution < 1.29 is 4.79 Å². The summed E-state index contributed by atoms with van der Waals surface area (Å²) in [6.45, 7) is 3.22. The number of nitrogens with zero attached hydrogens (tertiary/aromatic N) is 4. The van der Waals surface area contributed by atoms with E-state index in [0.29, 0.717) is 12.2 Å². The highest BCUT2D eigenvalue weighted by Gasteiger charge is 2.15. The maximum Gasteiger partial charge on any atom is 0.319 e. The Morgan fingerprint density at radius 3 is 3.00 bits per heavy atom. The number of nitrogens with one attached hydrogen (secondary N) is 2. The molecule has 4 rings (SSSR count). The van der Waals surface area contributed by atoms with Gasteiger partial charge in [0.1, 0.15) is 5.82 Å². The molecule has 0 unspecified atom stereocenters. The molecule has 2 aromatic heterocycles. The minimum atomic E-state index is -0.272. The standard InChI is InChI=1S/C19H22N6O/c1-13-9-10-14-6-5-7-15(18(14)21-13)22-19(26)20-12-17-24-23-16-8-3-2-4-11-25(16)17/h5-7,9-10H,2-4,8,11-12H2,1H3,(H2,20,22,26). The predicted octanol–water partition coefficient (Wildman–Crippen LogP) is 3.18. The minimum Gasteiger partial charge on any atom is -0.331 e. The number of hydrogen-bond acceptors (Lipinski definition) is 4. The van der Waals surface area contributed by atoms with E-state index in [1.54, 1.807) is 0 Å². The van der Waals surface area contributed by atoms with Crippen LogP contribution >= 0.6 is 0 Å². The van der Waals surface area contributed by atoms with Crippen LogP contribution in [0.4, 0.5) is 10.5 Å². The maximum atomic E-state index is 12.4. The molecule has 0 saturated heterocycles. The van der Waals surface area contributed by atoms with Gasteiger partial charge in [-0.25, -0.2) is 4.79 Å². The van der Waals surface area contributed by atoms with Crippen molar-refractivity contribution in [1.82, 2.24) is 25.1 Å². The highest BCUT2D eigenvalue weighted by atomic mass is 16.2. The number of aromatic nitrogens is 4. The number of para-hydroxylation sites is 1. The number of anilines is 1. The van der Waals surface area contributed by atoms with Gasteiger partial charge in [-0.2, -0.15) is 0 Å². The lowest BCUT2D eigenvalue weighted by Crippen LogP contribution is -2.29. The van der Waals surface area contributed by atoms with Crippen LogP contribution in [0.1, 0.15) is 36.6 Å². The Kier molecular flexibility index (Phi) is 4.51. The van der Waals surface area contributed by atoms with Crippen molar-refractivity contribution in [3.8, 4) is 0 Å². The molecule has 0 atom stereocenters. The van der Waals surface area contributed by atoms with Gasteiger partial charge in [0.2, 0.25) is 0 Å². The maximum absolute atomic E-state index is 12.4. The van der Waals surface area contributed by atoms with E-state index in [0.717, 1.165) is 54.1 Å². The third kappa shape index (κ3) is 3.37. The Hall–Kier alpha value is -2.96. The van der Waals surface area contributed by atoms with Gasteiger partial charge in [-0.3, -0.25) is 4.98 Å². The summed E-state index contributed by atoms with van der Waals surface area (Å²) in [5, 5.41) is 15.3. The second-order valence-electron chi connectivity index (χ2n) is 6.63. The van der Waals surface area contributed by atoms with Gasteiger partial charge in [0, 0.05) is 24.0 Å². The smallest absolute Gasteiger partial charge is 0.319 e. The van der Waals surface area contributed by atoms with Gasteiger partial charge in [-0.1, -0.05) is 24.6 Å². The summed E-state index contributed by atoms with van der Waals surface area (Å²) in [6.07, 6.45) is 4.45. The van der Waals surface area contributed by atoms with Crippen LogP contribution in [0.3, 0.4) is 0 Å². The fourth-order valence-corrected chi connectivity index (χ4v) is 3.35. The number of benzene rings is 1. The van der Waals surface area contributed by atoms with E-state index >= 15 is 0 Å². The number of urea groups is 1. The first-order valence-electron chi connectivity index (χ1n) is 9.03. The Labute approximate surface area is 151 Å². The summed E-state index contributed by atoms with van der Waals surface area (Å²) in [5.41, 5.74) is 2.40. The molecular weight excluding hydrogens is 328 g/mol. The molecule has 7 heteroatoms. The molecule has 0 radical (unpaired) electrons. The summed E-state index contributed by atoms with van der Waals surface area (Å²) in [5.74, 6) is 1.83. The van der Waals surface area contributed by atoms with Crippen LogP contribution in [-0.4, -0.2) is 25.8 Å². The Morgan fingerprint density at radius 1 is 1.15 bits per heavy atom. The van der Waals surface area contributed by atoms with E-state index in [1.165, 1.54) is 6.42 Å². The van der Waals surface area contributed by atoms with Crippen LogP contribution in [0.2, 0.25) is 0 Å². The topological polar surface area (TPSA) is 84.7 Å². The Bertz CT molecular complexity index is 948. The van der Waals surface area contributed by atoms with E-state index in [4.69, 9.17) is 0 Å². The molecule has 3 heterocycles. The van der Waals surface area contributed by atoms with Crippen molar-refractivity contribution >= 4 is 22.6 Å². The van der Waals surface area contributed by atoms with Gasteiger partial charge in [0.15, 0.2) is 5.82 Å². The van der Waals surface area contributed by atoms with Gasteiger partial charge in [0.05, 0.1) is 17.7 Å². The average molecular weight is 350 g/mol. The molecule has 1 aliphatic rings. The van der Waals surface area contributed by atoms with E-state index in [1.807, 2.05) is 37.3 Å². The van der Waals surface area contributed by atoms with Gasteiger partial charge in [-0.15, -0.1) is 10.2 Å². The molecular formula is C19H22N6O. The molecule has 0 bridgehead atoms. The fraction of sp³-hybridized carbons (Fsp3) is 0.368. The zero-order valence-corrected chi connectivity index (χ0v) is 14.8. The van der Waals surface area contributed by atoms with E-state index in [2.05, 4.69) is 30.4 Å². The van der Waals surface area contributed by atoms with Crippen LogP contribution in [0.25, 0.3) is 10.9 Å². The zero-order chi connectivity index (χ0) is 17.9. The van der Waals surface area contributed by atoms with Gasteiger partial charge in [0.25, 0.3) is 0 Å². The van der Waals surface area contributed by atoms with Crippen molar-refractivity contribution in [3.05, 3.63) is 47.7 Å². The molecule has 1 aromatic carbocycles. The van der Waals surface area contributed by atoms with E-state index in [9.17, 15) is 4.79 Å². The number of carbonyl (C=O) groups is 1. The quantitative estimate of drug-likeness (QED) is 0.760. The highest BCUT2D eigenvalue weighted by Crippen LogP contribution is 2.21. The number of aryl methyl sites for hydroxylation is 2. The first-order valence-corrected chi connectivity index (χ1v) is 9.03. The molecule has 0 saturated carbocycles. The predicted molar refractivity (Wildman–Crippen MR) is 99.9 cm³/mol. The largest absolute Gasteiger partial charge is 0.331 e. The van der Waals surface area contributed by atoms with Crippen LogP contribution in [0.15, 0.2) is 30.3 Å². The lowest BCUT2D eigenvalue weighted by Gasteiger charge is -2.11. The molecule has 26 heavy (non-hydrogen) atoms. The summed E-state index contributed by atoms with van der Waals surface area (Å²) < 4.78 is 2.14. The van der Waals surface area contributed by atoms with Crippen molar-refractivity contribution in [2.75, 3.05) is 5.32 Å². The number of pyridine rings is 1. The second kappa shape index (κ2) is 7.11. The zero-order valence-electron chi connectivity index (χ0n) is 14.8. The summed E-state index contributed by atoms with van der Waals surface area (Å²) in [7, 11) is 0. The summed E-state index contributed by atoms with van der Waals surface area (Å²) >= 11 is 0. The first kappa shape index (κ1) is 16.5. The van der Waals surface area contributed by atoms with Crippen molar-refractivity contribution in [2.45, 2.75) is 45.7 Å². The molecule has 2 amide bonds.